The number of amides is 1. The number of aryl methyl sites for hydroxylation is 2. The van der Waals surface area contributed by atoms with Gasteiger partial charge in [0.2, 0.25) is 5.91 Å². The van der Waals surface area contributed by atoms with Crippen LogP contribution in [-0.2, 0) is 14.6 Å². The van der Waals surface area contributed by atoms with Crippen molar-refractivity contribution in [1.29, 1.82) is 0 Å². The highest BCUT2D eigenvalue weighted by atomic mass is 32.2. The van der Waals surface area contributed by atoms with Crippen molar-refractivity contribution >= 4 is 33.2 Å². The molecule has 7 nitrogen and oxygen atoms in total. The maximum atomic E-state index is 13.3. The summed E-state index contributed by atoms with van der Waals surface area (Å²) >= 11 is 1.31. The van der Waals surface area contributed by atoms with Crippen LogP contribution in [-0.4, -0.2) is 52.4 Å². The maximum absolute atomic E-state index is 13.3. The van der Waals surface area contributed by atoms with Crippen LogP contribution in [0.1, 0.15) is 17.8 Å². The number of para-hydroxylation sites is 1. The summed E-state index contributed by atoms with van der Waals surface area (Å²) in [6.07, 6.45) is 0.451. The van der Waals surface area contributed by atoms with Crippen LogP contribution in [0.15, 0.2) is 59.8 Å². The molecule has 1 aliphatic heterocycles. The third-order valence-electron chi connectivity index (χ3n) is 5.29. The molecule has 2 aromatic carbocycles. The fourth-order valence-corrected chi connectivity index (χ4v) is 6.31. The number of anilines is 1. The third kappa shape index (κ3) is 4.83. The molecule has 1 amide bonds. The van der Waals surface area contributed by atoms with Crippen LogP contribution in [0.4, 0.5) is 5.69 Å². The van der Waals surface area contributed by atoms with Crippen molar-refractivity contribution in [2.75, 3.05) is 22.2 Å². The Labute approximate surface area is 186 Å². The van der Waals surface area contributed by atoms with Gasteiger partial charge < -0.3 is 4.90 Å². The van der Waals surface area contributed by atoms with Gasteiger partial charge in [0.1, 0.15) is 5.82 Å². The van der Waals surface area contributed by atoms with Crippen LogP contribution in [0.2, 0.25) is 0 Å². The van der Waals surface area contributed by atoms with Crippen molar-refractivity contribution in [2.45, 2.75) is 31.5 Å². The Morgan fingerprint density at radius 2 is 1.81 bits per heavy atom. The molecule has 1 saturated heterocycles. The minimum atomic E-state index is -3.12. The van der Waals surface area contributed by atoms with E-state index < -0.39 is 9.84 Å². The second kappa shape index (κ2) is 8.84. The molecule has 0 radical (unpaired) electrons. The second-order valence-corrected chi connectivity index (χ2v) is 10.8. The molecule has 3 aromatic rings. The molecule has 1 fully saturated rings. The van der Waals surface area contributed by atoms with E-state index in [1.807, 2.05) is 73.0 Å². The first kappa shape index (κ1) is 21.6. The molecule has 31 heavy (non-hydrogen) atoms. The number of hydrogen-bond donors (Lipinski definition) is 0. The molecule has 0 saturated carbocycles. The molecule has 0 bridgehead atoms. The van der Waals surface area contributed by atoms with E-state index in [0.717, 1.165) is 17.1 Å². The number of carbonyl (C=O) groups is 1. The fraction of sp³-hybridized carbons (Fsp3) is 0.318. The van der Waals surface area contributed by atoms with Gasteiger partial charge in [0.05, 0.1) is 23.3 Å². The summed E-state index contributed by atoms with van der Waals surface area (Å²) in [5.74, 6) is 0.837. The fourth-order valence-electron chi connectivity index (χ4n) is 3.75. The van der Waals surface area contributed by atoms with Crippen molar-refractivity contribution in [1.82, 2.24) is 14.8 Å². The van der Waals surface area contributed by atoms with Crippen LogP contribution in [0, 0.1) is 13.8 Å². The van der Waals surface area contributed by atoms with Crippen LogP contribution in [0.3, 0.4) is 0 Å². The van der Waals surface area contributed by atoms with Gasteiger partial charge in [0.15, 0.2) is 15.0 Å². The Bertz CT molecular complexity index is 1180. The summed E-state index contributed by atoms with van der Waals surface area (Å²) in [5, 5.41) is 9.06. The zero-order valence-corrected chi connectivity index (χ0v) is 19.1. The lowest BCUT2D eigenvalue weighted by molar-refractivity contribution is -0.116. The molecule has 2 heterocycles. The summed E-state index contributed by atoms with van der Waals surface area (Å²) in [7, 11) is -3.12. The van der Waals surface area contributed by atoms with Crippen LogP contribution >= 0.6 is 11.8 Å². The number of sulfone groups is 1. The second-order valence-electron chi connectivity index (χ2n) is 7.65. The van der Waals surface area contributed by atoms with Gasteiger partial charge in [-0.2, -0.15) is 0 Å². The molecule has 1 atom stereocenters. The van der Waals surface area contributed by atoms with E-state index in [2.05, 4.69) is 10.2 Å². The topological polar surface area (TPSA) is 85.2 Å². The van der Waals surface area contributed by atoms with Gasteiger partial charge in [-0.3, -0.25) is 9.36 Å². The number of nitrogens with zero attached hydrogens (tertiary/aromatic N) is 4. The molecule has 0 aliphatic carbocycles. The summed E-state index contributed by atoms with van der Waals surface area (Å²) < 4.78 is 26.0. The van der Waals surface area contributed by atoms with E-state index in [4.69, 9.17) is 0 Å². The third-order valence-corrected chi connectivity index (χ3v) is 7.95. The first-order chi connectivity index (χ1) is 14.8. The zero-order valence-electron chi connectivity index (χ0n) is 17.4. The van der Waals surface area contributed by atoms with Crippen molar-refractivity contribution in [3.05, 3.63) is 66.0 Å². The van der Waals surface area contributed by atoms with Gasteiger partial charge in [-0.1, -0.05) is 47.7 Å². The molecule has 162 valence electrons. The molecular weight excluding hydrogens is 432 g/mol. The number of aromatic nitrogens is 3. The van der Waals surface area contributed by atoms with Crippen molar-refractivity contribution < 1.29 is 13.2 Å². The van der Waals surface area contributed by atoms with Gasteiger partial charge in [-0.15, -0.1) is 10.2 Å². The van der Waals surface area contributed by atoms with E-state index in [0.29, 0.717) is 17.3 Å². The lowest BCUT2D eigenvalue weighted by Gasteiger charge is -2.28. The molecule has 4 rings (SSSR count). The molecule has 0 N–H and O–H groups in total. The van der Waals surface area contributed by atoms with Crippen molar-refractivity contribution in [3.8, 4) is 5.69 Å². The number of benzene rings is 2. The Kier molecular flexibility index (Phi) is 6.15. The molecule has 9 heteroatoms. The smallest absolute Gasteiger partial charge is 0.237 e. The summed E-state index contributed by atoms with van der Waals surface area (Å²) in [6.45, 7) is 3.90. The highest BCUT2D eigenvalue weighted by Gasteiger charge is 2.35. The molecule has 0 unspecified atom stereocenters. The lowest BCUT2D eigenvalue weighted by atomic mass is 10.2. The van der Waals surface area contributed by atoms with Crippen molar-refractivity contribution in [2.24, 2.45) is 0 Å². The number of hydrogen-bond acceptors (Lipinski definition) is 6. The highest BCUT2D eigenvalue weighted by Crippen LogP contribution is 2.27. The average Bonchev–Trinajstić information content (AvgIpc) is 3.29. The number of carbonyl (C=O) groups excluding carboxylic acids is 1. The monoisotopic (exact) mass is 456 g/mol. The number of rotatable bonds is 6. The van der Waals surface area contributed by atoms with E-state index in [-0.39, 0.29) is 29.2 Å². The van der Waals surface area contributed by atoms with Gasteiger partial charge in [0, 0.05) is 11.4 Å². The summed E-state index contributed by atoms with van der Waals surface area (Å²) in [6, 6.07) is 16.9. The van der Waals surface area contributed by atoms with Gasteiger partial charge in [-0.25, -0.2) is 8.42 Å². The first-order valence-electron chi connectivity index (χ1n) is 10.0. The summed E-state index contributed by atoms with van der Waals surface area (Å²) in [4.78, 5) is 14.9. The Hall–Kier alpha value is -2.65. The Balaban J connectivity index is 1.56. The van der Waals surface area contributed by atoms with Gasteiger partial charge >= 0.3 is 0 Å². The Morgan fingerprint density at radius 3 is 2.45 bits per heavy atom. The number of thioether (sulfide) groups is 1. The SMILES string of the molecule is Cc1ccc(-n2c(C)nnc2SCC(=O)N(c2ccccc2)[C@H]2CCS(=O)(=O)C2)cc1. The first-order valence-corrected chi connectivity index (χ1v) is 12.8. The van der Waals surface area contributed by atoms with Crippen LogP contribution in [0.5, 0.6) is 0 Å². The highest BCUT2D eigenvalue weighted by molar-refractivity contribution is 7.99. The molecule has 0 spiro atoms. The normalized spacial score (nSPS) is 17.5. The van der Waals surface area contributed by atoms with E-state index in [1.54, 1.807) is 4.90 Å². The molecular formula is C22H24N4O3S2. The van der Waals surface area contributed by atoms with E-state index in [1.165, 1.54) is 11.8 Å². The van der Waals surface area contributed by atoms with Crippen molar-refractivity contribution in [3.63, 3.8) is 0 Å². The van der Waals surface area contributed by atoms with E-state index in [9.17, 15) is 13.2 Å². The predicted molar refractivity (Wildman–Crippen MR) is 123 cm³/mol. The molecule has 1 aromatic heterocycles. The van der Waals surface area contributed by atoms with Gasteiger partial charge in [0.25, 0.3) is 0 Å². The predicted octanol–water partition coefficient (Wildman–Crippen LogP) is 3.20. The minimum Gasteiger partial charge on any atom is -0.308 e. The van der Waals surface area contributed by atoms with Gasteiger partial charge in [-0.05, 0) is 44.5 Å². The Morgan fingerprint density at radius 1 is 1.10 bits per heavy atom. The largest absolute Gasteiger partial charge is 0.308 e. The van der Waals surface area contributed by atoms with Crippen LogP contribution < -0.4 is 4.90 Å². The zero-order chi connectivity index (χ0) is 22.0. The quantitative estimate of drug-likeness (QED) is 0.530. The lowest BCUT2D eigenvalue weighted by Crippen LogP contribution is -2.42. The van der Waals surface area contributed by atoms with E-state index >= 15 is 0 Å². The maximum Gasteiger partial charge on any atom is 0.237 e. The van der Waals surface area contributed by atoms with Crippen LogP contribution in [0.25, 0.3) is 5.69 Å². The average molecular weight is 457 g/mol. The summed E-state index contributed by atoms with van der Waals surface area (Å²) in [5.41, 5.74) is 2.81. The standard InChI is InChI=1S/C22H24N4O3S2/c1-16-8-10-19(11-9-16)25-17(2)23-24-22(25)30-14-21(27)26(18-6-4-3-5-7-18)20-12-13-31(28,29)15-20/h3-11,20H,12-15H2,1-2H3/t20-/m0/s1. The molecule has 1 aliphatic rings. The minimum absolute atomic E-state index is 0.00302.